The highest BCUT2D eigenvalue weighted by atomic mass is 32.2. The molecular weight excluding hydrogens is 248 g/mol. The van der Waals surface area contributed by atoms with Crippen LogP contribution in [0, 0.1) is 5.82 Å². The zero-order valence-corrected chi connectivity index (χ0v) is 9.62. The predicted molar refractivity (Wildman–Crippen MR) is 55.0 cm³/mol. The van der Waals surface area contributed by atoms with Crippen LogP contribution in [0.15, 0.2) is 21.9 Å². The summed E-state index contributed by atoms with van der Waals surface area (Å²) in [6.45, 7) is 0. The fourth-order valence-electron chi connectivity index (χ4n) is 1.03. The monoisotopic (exact) mass is 256 g/mol. The quantitative estimate of drug-likeness (QED) is 0.572. The van der Waals surface area contributed by atoms with Gasteiger partial charge in [0.25, 0.3) is 0 Å². The van der Waals surface area contributed by atoms with E-state index >= 15 is 0 Å². The summed E-state index contributed by atoms with van der Waals surface area (Å²) in [6, 6.07) is 1.67. The molecule has 0 N–H and O–H groups in total. The van der Waals surface area contributed by atoms with Crippen LogP contribution in [0.2, 0.25) is 0 Å². The minimum absolute atomic E-state index is 0.0224. The molecule has 0 atom stereocenters. The van der Waals surface area contributed by atoms with Gasteiger partial charge in [-0.3, -0.25) is 0 Å². The van der Waals surface area contributed by atoms with Gasteiger partial charge in [0, 0.05) is 9.79 Å². The first-order chi connectivity index (χ1) is 6.90. The maximum atomic E-state index is 13.4. The predicted octanol–water partition coefficient (Wildman–Crippen LogP) is 4.29. The average Bonchev–Trinajstić information content (AvgIpc) is 2.16. The number of halogens is 4. The van der Waals surface area contributed by atoms with Crippen molar-refractivity contribution in [3.8, 4) is 0 Å². The number of thioether (sulfide) groups is 2. The van der Waals surface area contributed by atoms with Crippen molar-refractivity contribution >= 4 is 23.5 Å². The molecule has 0 amide bonds. The van der Waals surface area contributed by atoms with E-state index in [1.54, 1.807) is 12.5 Å². The van der Waals surface area contributed by atoms with E-state index in [0.717, 1.165) is 35.7 Å². The fourth-order valence-corrected chi connectivity index (χ4v) is 2.17. The molecule has 1 aromatic rings. The molecular formula is C9H8F4S2. The van der Waals surface area contributed by atoms with Gasteiger partial charge >= 0.3 is 6.18 Å². The highest BCUT2D eigenvalue weighted by Gasteiger charge is 2.32. The molecule has 0 aliphatic heterocycles. The van der Waals surface area contributed by atoms with Crippen molar-refractivity contribution in [1.29, 1.82) is 0 Å². The van der Waals surface area contributed by atoms with E-state index in [-0.39, 0.29) is 9.79 Å². The van der Waals surface area contributed by atoms with Crippen molar-refractivity contribution in [3.05, 3.63) is 23.5 Å². The lowest BCUT2D eigenvalue weighted by Gasteiger charge is -2.11. The van der Waals surface area contributed by atoms with Gasteiger partial charge in [-0.1, -0.05) is 0 Å². The van der Waals surface area contributed by atoms with Crippen LogP contribution in [-0.2, 0) is 6.18 Å². The van der Waals surface area contributed by atoms with Crippen LogP contribution in [0.5, 0.6) is 0 Å². The third-order valence-electron chi connectivity index (χ3n) is 1.77. The Morgan fingerprint density at radius 3 is 1.67 bits per heavy atom. The largest absolute Gasteiger partial charge is 0.416 e. The van der Waals surface area contributed by atoms with Crippen LogP contribution < -0.4 is 0 Å². The van der Waals surface area contributed by atoms with Gasteiger partial charge in [-0.2, -0.15) is 13.2 Å². The lowest BCUT2D eigenvalue weighted by atomic mass is 10.2. The van der Waals surface area contributed by atoms with Crippen molar-refractivity contribution in [3.63, 3.8) is 0 Å². The standard InChI is InChI=1S/C9H8F4S2/c1-14-6-3-5(9(11,12)13)4-7(15-2)8(6)10/h3-4H,1-2H3. The van der Waals surface area contributed by atoms with Gasteiger partial charge in [0.2, 0.25) is 0 Å². The molecule has 1 rings (SSSR count). The van der Waals surface area contributed by atoms with E-state index in [0.29, 0.717) is 0 Å². The van der Waals surface area contributed by atoms with Crippen LogP contribution in [0.4, 0.5) is 17.6 Å². The Hall–Kier alpha value is -0.360. The summed E-state index contributed by atoms with van der Waals surface area (Å²) in [5, 5.41) is 0. The van der Waals surface area contributed by atoms with Crippen LogP contribution in [-0.4, -0.2) is 12.5 Å². The van der Waals surface area contributed by atoms with Crippen molar-refractivity contribution in [2.45, 2.75) is 16.0 Å². The van der Waals surface area contributed by atoms with Gasteiger partial charge in [0.15, 0.2) is 0 Å². The number of rotatable bonds is 2. The van der Waals surface area contributed by atoms with Gasteiger partial charge in [-0.25, -0.2) is 4.39 Å². The summed E-state index contributed by atoms with van der Waals surface area (Å²) in [6.07, 6.45) is -1.34. The fraction of sp³-hybridized carbons (Fsp3) is 0.333. The Bertz CT molecular complexity index is 335. The third-order valence-corrected chi connectivity index (χ3v) is 3.25. The first-order valence-electron chi connectivity index (χ1n) is 3.89. The molecule has 0 radical (unpaired) electrons. The normalized spacial score (nSPS) is 11.9. The van der Waals surface area contributed by atoms with E-state index in [1.807, 2.05) is 0 Å². The summed E-state index contributed by atoms with van der Waals surface area (Å²) < 4.78 is 50.7. The van der Waals surface area contributed by atoms with Gasteiger partial charge in [-0.05, 0) is 24.6 Å². The van der Waals surface area contributed by atoms with Gasteiger partial charge in [0.1, 0.15) is 5.82 Å². The molecule has 84 valence electrons. The number of hydrogen-bond donors (Lipinski definition) is 0. The Labute approximate surface area is 93.4 Å². The molecule has 0 fully saturated rings. The Balaban J connectivity index is 3.33. The molecule has 0 spiro atoms. The van der Waals surface area contributed by atoms with E-state index in [4.69, 9.17) is 0 Å². The zero-order chi connectivity index (χ0) is 11.6. The van der Waals surface area contributed by atoms with Gasteiger partial charge < -0.3 is 0 Å². The van der Waals surface area contributed by atoms with E-state index in [1.165, 1.54) is 0 Å². The van der Waals surface area contributed by atoms with Crippen LogP contribution >= 0.6 is 23.5 Å². The molecule has 0 aromatic heterocycles. The molecule has 0 heterocycles. The zero-order valence-electron chi connectivity index (χ0n) is 7.98. The highest BCUT2D eigenvalue weighted by Crippen LogP contribution is 2.36. The van der Waals surface area contributed by atoms with Gasteiger partial charge in [0.05, 0.1) is 5.56 Å². The first kappa shape index (κ1) is 12.7. The van der Waals surface area contributed by atoms with Gasteiger partial charge in [-0.15, -0.1) is 23.5 Å². The van der Waals surface area contributed by atoms with Crippen molar-refractivity contribution < 1.29 is 17.6 Å². The van der Waals surface area contributed by atoms with Crippen molar-refractivity contribution in [1.82, 2.24) is 0 Å². The second-order valence-corrected chi connectivity index (χ2v) is 4.39. The third kappa shape index (κ3) is 2.81. The lowest BCUT2D eigenvalue weighted by molar-refractivity contribution is -0.137. The van der Waals surface area contributed by atoms with Crippen molar-refractivity contribution in [2.75, 3.05) is 12.5 Å². The minimum Gasteiger partial charge on any atom is -0.205 e. The first-order valence-corrected chi connectivity index (χ1v) is 6.33. The molecule has 0 aliphatic carbocycles. The summed E-state index contributed by atoms with van der Waals surface area (Å²) in [5.74, 6) is -0.581. The number of alkyl halides is 3. The van der Waals surface area contributed by atoms with Crippen LogP contribution in [0.1, 0.15) is 5.56 Å². The van der Waals surface area contributed by atoms with Crippen LogP contribution in [0.25, 0.3) is 0 Å². The minimum atomic E-state index is -4.43. The summed E-state index contributed by atoms with van der Waals surface area (Å²) >= 11 is 1.93. The number of hydrogen-bond acceptors (Lipinski definition) is 2. The molecule has 0 saturated carbocycles. The molecule has 0 bridgehead atoms. The Kier molecular flexibility index (Phi) is 3.94. The molecule has 0 nitrogen and oxygen atoms in total. The second kappa shape index (κ2) is 4.65. The summed E-state index contributed by atoms with van der Waals surface area (Å²) in [7, 11) is 0. The highest BCUT2D eigenvalue weighted by molar-refractivity contribution is 7.99. The molecule has 0 saturated heterocycles. The Morgan fingerprint density at radius 2 is 1.40 bits per heavy atom. The van der Waals surface area contributed by atoms with Crippen molar-refractivity contribution in [2.24, 2.45) is 0 Å². The summed E-state index contributed by atoms with van der Waals surface area (Å²) in [4.78, 5) is 0.0448. The average molecular weight is 256 g/mol. The smallest absolute Gasteiger partial charge is 0.205 e. The molecule has 6 heteroatoms. The van der Waals surface area contributed by atoms with E-state index < -0.39 is 17.6 Å². The Morgan fingerprint density at radius 1 is 1.00 bits per heavy atom. The van der Waals surface area contributed by atoms with E-state index in [9.17, 15) is 17.6 Å². The second-order valence-electron chi connectivity index (χ2n) is 2.69. The maximum Gasteiger partial charge on any atom is 0.416 e. The molecule has 0 aliphatic rings. The van der Waals surface area contributed by atoms with Crippen LogP contribution in [0.3, 0.4) is 0 Å². The summed E-state index contributed by atoms with van der Waals surface area (Å²) in [5.41, 5.74) is -0.808. The topological polar surface area (TPSA) is 0 Å². The molecule has 1 aromatic carbocycles. The maximum absolute atomic E-state index is 13.4. The van der Waals surface area contributed by atoms with E-state index in [2.05, 4.69) is 0 Å². The molecule has 15 heavy (non-hydrogen) atoms. The molecule has 0 unspecified atom stereocenters. The SMILES string of the molecule is CSc1cc(C(F)(F)F)cc(SC)c1F. The lowest BCUT2D eigenvalue weighted by Crippen LogP contribution is -2.06. The number of benzene rings is 1.